The largest absolute Gasteiger partial charge is 0.317 e. The molecule has 0 atom stereocenters. The Morgan fingerprint density at radius 1 is 1.53 bits per heavy atom. The molecule has 90 valence electrons. The summed E-state index contributed by atoms with van der Waals surface area (Å²) in [5.41, 5.74) is 0.429. The van der Waals surface area contributed by atoms with Gasteiger partial charge in [-0.3, -0.25) is 14.6 Å². The second kappa shape index (κ2) is 4.97. The molecule has 0 unspecified atom stereocenters. The summed E-state index contributed by atoms with van der Waals surface area (Å²) >= 11 is 6.38. The van der Waals surface area contributed by atoms with Gasteiger partial charge in [-0.05, 0) is 19.1 Å². The maximum Gasteiger partial charge on any atom is 0.257 e. The molecule has 0 aliphatic carbocycles. The first kappa shape index (κ1) is 12.3. The Labute approximate surface area is 107 Å². The third-order valence-corrected chi connectivity index (χ3v) is 3.49. The lowest BCUT2D eigenvalue weighted by molar-refractivity contribution is -0.116. The molecular formula is C10H11N3O2S2. The van der Waals surface area contributed by atoms with Gasteiger partial charge in [-0.25, -0.2) is 4.99 Å². The fraction of sp³-hybridized carbons (Fsp3) is 0.400. The molecule has 7 heteroatoms. The van der Waals surface area contributed by atoms with Crippen LogP contribution in [0.2, 0.25) is 0 Å². The molecule has 0 aromatic carbocycles. The lowest BCUT2D eigenvalue weighted by atomic mass is 10.3. The van der Waals surface area contributed by atoms with E-state index < -0.39 is 0 Å². The summed E-state index contributed by atoms with van der Waals surface area (Å²) in [6, 6.07) is 0. The number of aliphatic imine (C=N–C) groups is 1. The van der Waals surface area contributed by atoms with Gasteiger partial charge in [0, 0.05) is 18.6 Å². The van der Waals surface area contributed by atoms with E-state index in [0.29, 0.717) is 30.0 Å². The summed E-state index contributed by atoms with van der Waals surface area (Å²) in [6.07, 6.45) is 1.03. The van der Waals surface area contributed by atoms with Gasteiger partial charge in [-0.2, -0.15) is 0 Å². The van der Waals surface area contributed by atoms with Gasteiger partial charge in [0.15, 0.2) is 4.77 Å². The van der Waals surface area contributed by atoms with Gasteiger partial charge in [0.2, 0.25) is 0 Å². The SMILES string of the molecule is CC(=O)CCSC1=Nc2[nH]c(=S)[nH]c(=O)c2C1. The van der Waals surface area contributed by atoms with Crippen LogP contribution in [0.5, 0.6) is 0 Å². The minimum Gasteiger partial charge on any atom is -0.317 e. The first-order valence-electron chi connectivity index (χ1n) is 5.11. The number of rotatable bonds is 3. The van der Waals surface area contributed by atoms with E-state index in [1.54, 1.807) is 6.92 Å². The van der Waals surface area contributed by atoms with Crippen molar-refractivity contribution in [3.8, 4) is 0 Å². The second-order valence-electron chi connectivity index (χ2n) is 3.72. The van der Waals surface area contributed by atoms with Crippen molar-refractivity contribution in [2.24, 2.45) is 4.99 Å². The van der Waals surface area contributed by atoms with Crippen LogP contribution >= 0.6 is 24.0 Å². The highest BCUT2D eigenvalue weighted by Gasteiger charge is 2.18. The monoisotopic (exact) mass is 269 g/mol. The van der Waals surface area contributed by atoms with Crippen molar-refractivity contribution < 1.29 is 4.79 Å². The Kier molecular flexibility index (Phi) is 3.58. The molecule has 1 aromatic heterocycles. The summed E-state index contributed by atoms with van der Waals surface area (Å²) in [5, 5.41) is 0.851. The molecular weight excluding hydrogens is 258 g/mol. The molecule has 1 aromatic rings. The van der Waals surface area contributed by atoms with E-state index in [2.05, 4.69) is 15.0 Å². The van der Waals surface area contributed by atoms with E-state index in [9.17, 15) is 9.59 Å². The Morgan fingerprint density at radius 2 is 2.29 bits per heavy atom. The molecule has 0 amide bonds. The number of hydrogen-bond donors (Lipinski definition) is 2. The molecule has 0 saturated heterocycles. The lowest BCUT2D eigenvalue weighted by Gasteiger charge is -1.97. The molecule has 5 nitrogen and oxygen atoms in total. The van der Waals surface area contributed by atoms with Gasteiger partial charge in [-0.1, -0.05) is 0 Å². The van der Waals surface area contributed by atoms with Crippen LogP contribution in [0.15, 0.2) is 9.79 Å². The minimum atomic E-state index is -0.185. The molecule has 2 heterocycles. The zero-order valence-corrected chi connectivity index (χ0v) is 10.8. The van der Waals surface area contributed by atoms with Gasteiger partial charge in [0.05, 0.1) is 10.6 Å². The highest BCUT2D eigenvalue weighted by molar-refractivity contribution is 8.14. The fourth-order valence-corrected chi connectivity index (χ4v) is 2.69. The summed E-state index contributed by atoms with van der Waals surface area (Å²) < 4.78 is 0.285. The van der Waals surface area contributed by atoms with Crippen LogP contribution < -0.4 is 5.56 Å². The average molecular weight is 269 g/mol. The number of nitrogens with zero attached hydrogens (tertiary/aromatic N) is 1. The molecule has 17 heavy (non-hydrogen) atoms. The van der Waals surface area contributed by atoms with Crippen molar-refractivity contribution in [1.82, 2.24) is 9.97 Å². The number of carbonyl (C=O) groups excluding carboxylic acids is 1. The number of nitrogens with one attached hydrogen (secondary N) is 2. The first-order chi connectivity index (χ1) is 8.06. The first-order valence-corrected chi connectivity index (χ1v) is 6.51. The van der Waals surface area contributed by atoms with Gasteiger partial charge >= 0.3 is 0 Å². The predicted molar refractivity (Wildman–Crippen MR) is 70.8 cm³/mol. The number of H-pyrrole nitrogens is 2. The quantitative estimate of drug-likeness (QED) is 0.819. The van der Waals surface area contributed by atoms with E-state index in [0.717, 1.165) is 5.04 Å². The normalized spacial score (nSPS) is 13.4. The highest BCUT2D eigenvalue weighted by Crippen LogP contribution is 2.25. The zero-order chi connectivity index (χ0) is 12.4. The van der Waals surface area contributed by atoms with Gasteiger partial charge in [0.25, 0.3) is 5.56 Å². The Morgan fingerprint density at radius 3 is 3.00 bits per heavy atom. The van der Waals surface area contributed by atoms with Crippen LogP contribution in [0.4, 0.5) is 5.82 Å². The molecule has 1 aliphatic heterocycles. The molecule has 0 bridgehead atoms. The van der Waals surface area contributed by atoms with Crippen molar-refractivity contribution >= 4 is 40.6 Å². The number of aromatic nitrogens is 2. The number of thioether (sulfide) groups is 1. The molecule has 2 rings (SSSR count). The molecule has 0 fully saturated rings. The lowest BCUT2D eigenvalue weighted by Crippen LogP contribution is -2.13. The summed E-state index contributed by atoms with van der Waals surface area (Å²) in [6.45, 7) is 1.56. The predicted octanol–water partition coefficient (Wildman–Crippen LogP) is 1.73. The van der Waals surface area contributed by atoms with E-state index in [-0.39, 0.29) is 16.1 Å². The van der Waals surface area contributed by atoms with Gasteiger partial charge in [-0.15, -0.1) is 11.8 Å². The van der Waals surface area contributed by atoms with Crippen LogP contribution in [-0.4, -0.2) is 26.5 Å². The molecule has 0 saturated carbocycles. The number of hydrogen-bond acceptors (Lipinski definition) is 5. The molecule has 0 spiro atoms. The summed E-state index contributed by atoms with van der Waals surface area (Å²) in [5.74, 6) is 1.40. The maximum absolute atomic E-state index is 11.6. The van der Waals surface area contributed by atoms with E-state index in [1.165, 1.54) is 11.8 Å². The second-order valence-corrected chi connectivity index (χ2v) is 5.29. The highest BCUT2D eigenvalue weighted by atomic mass is 32.2. The van der Waals surface area contributed by atoms with E-state index in [1.807, 2.05) is 0 Å². The standard InChI is InChI=1S/C10H11N3O2S2/c1-5(14)2-3-17-7-4-6-8(11-7)12-10(16)13-9(6)15/h2-4H2,1H3,(H2,12,13,15,16). The average Bonchev–Trinajstić information content (AvgIpc) is 2.60. The van der Waals surface area contributed by atoms with Crippen molar-refractivity contribution in [3.05, 3.63) is 20.7 Å². The Bertz CT molecular complexity index is 600. The smallest absolute Gasteiger partial charge is 0.257 e. The third kappa shape index (κ3) is 2.92. The van der Waals surface area contributed by atoms with E-state index in [4.69, 9.17) is 12.2 Å². The minimum absolute atomic E-state index is 0.158. The molecule has 0 radical (unpaired) electrons. The number of Topliss-reactive ketones (excluding diaryl/α,β-unsaturated/α-hetero) is 1. The van der Waals surface area contributed by atoms with Gasteiger partial charge < -0.3 is 4.98 Å². The van der Waals surface area contributed by atoms with Crippen LogP contribution in [0.3, 0.4) is 0 Å². The van der Waals surface area contributed by atoms with Gasteiger partial charge in [0.1, 0.15) is 11.6 Å². The summed E-state index contributed by atoms with van der Waals surface area (Å²) in [7, 11) is 0. The molecule has 2 N–H and O–H groups in total. The van der Waals surface area contributed by atoms with E-state index >= 15 is 0 Å². The van der Waals surface area contributed by atoms with Crippen molar-refractivity contribution in [3.63, 3.8) is 0 Å². The summed E-state index contributed by atoms with van der Waals surface area (Å²) in [4.78, 5) is 32.1. The third-order valence-electron chi connectivity index (χ3n) is 2.31. The van der Waals surface area contributed by atoms with Crippen molar-refractivity contribution in [2.45, 2.75) is 19.8 Å². The van der Waals surface area contributed by atoms with Crippen LogP contribution in [0, 0.1) is 4.77 Å². The Hall–Kier alpha value is -1.21. The van der Waals surface area contributed by atoms with Crippen LogP contribution in [-0.2, 0) is 11.2 Å². The molecule has 1 aliphatic rings. The van der Waals surface area contributed by atoms with Crippen molar-refractivity contribution in [1.29, 1.82) is 0 Å². The fourth-order valence-electron chi connectivity index (χ4n) is 1.47. The van der Waals surface area contributed by atoms with Crippen LogP contribution in [0.25, 0.3) is 0 Å². The number of carbonyl (C=O) groups is 1. The maximum atomic E-state index is 11.6. The number of ketones is 1. The van der Waals surface area contributed by atoms with Crippen molar-refractivity contribution in [2.75, 3.05) is 5.75 Å². The Balaban J connectivity index is 2.10. The number of fused-ring (bicyclic) bond motifs is 1. The number of aromatic amines is 2. The van der Waals surface area contributed by atoms with Crippen LogP contribution in [0.1, 0.15) is 18.9 Å². The zero-order valence-electron chi connectivity index (χ0n) is 9.20. The topological polar surface area (TPSA) is 78.1 Å².